The second-order valence-corrected chi connectivity index (χ2v) is 16.8. The summed E-state index contributed by atoms with van der Waals surface area (Å²) in [4.78, 5) is 25.7. The van der Waals surface area contributed by atoms with E-state index in [2.05, 4.69) is 95.3 Å². The maximum Gasteiger partial charge on any atom is 0.0949 e. The van der Waals surface area contributed by atoms with Crippen molar-refractivity contribution in [2.45, 2.75) is 38.5 Å². The molecule has 2 N–H and O–H groups in total. The summed E-state index contributed by atoms with van der Waals surface area (Å²) in [5, 5.41) is 9.33. The Bertz CT molecular complexity index is 2990. The monoisotopic (exact) mass is 696 g/mol. The summed E-state index contributed by atoms with van der Waals surface area (Å²) in [7, 11) is 0. The van der Waals surface area contributed by atoms with E-state index in [0.717, 1.165) is 67.1 Å². The zero-order valence-corrected chi connectivity index (χ0v) is 29.7. The first-order chi connectivity index (χ1) is 26.7. The molecule has 0 saturated carbocycles. The van der Waals surface area contributed by atoms with Crippen molar-refractivity contribution in [2.24, 2.45) is 50.5 Å². The Labute approximate surface area is 312 Å². The molecular weight excluding hydrogens is 661 g/mol. The lowest BCUT2D eigenvalue weighted by Crippen LogP contribution is -2.25. The molecule has 0 spiro atoms. The molecule has 2 aromatic heterocycles. The molecule has 258 valence electrons. The van der Waals surface area contributed by atoms with Gasteiger partial charge in [0.15, 0.2) is 0 Å². The van der Waals surface area contributed by atoms with Gasteiger partial charge in [-0.2, -0.15) is 0 Å². The Morgan fingerprint density at radius 2 is 1.07 bits per heavy atom. The normalized spacial score (nSPS) is 31.1. The van der Waals surface area contributed by atoms with Gasteiger partial charge in [-0.15, -0.1) is 0 Å². The number of hydrogen-bond donors (Lipinski definition) is 2. The second kappa shape index (κ2) is 10.00. The number of benzene rings is 1. The Kier molecular flexibility index (Phi) is 5.30. The number of rotatable bonds is 0. The van der Waals surface area contributed by atoms with E-state index in [0.29, 0.717) is 35.5 Å². The number of fused-ring (bicyclic) bond motifs is 16. The topological polar surface area (TPSA) is 77.8 Å². The van der Waals surface area contributed by atoms with E-state index < -0.39 is 0 Å². The number of anilines is 1. The number of nitrogens with zero attached hydrogens (tertiary/aromatic N) is 4. The SMILES string of the molecule is C1=CNc2c(c3c4[nH]c(c3c3cccnc23)=CC2=NC(=CC3=NC(=CC5=NC(=C4)C4=C5[C@H]5C=C[C@@H]4CC5)C4=C3[C@H]3C=C[C@@H]4CC3)C3=C2[C@H]2C=C[C@@H]3CC2)=C1. The van der Waals surface area contributed by atoms with Gasteiger partial charge in [0.25, 0.3) is 0 Å². The van der Waals surface area contributed by atoms with Gasteiger partial charge in [0.1, 0.15) is 0 Å². The number of aromatic nitrogens is 2. The van der Waals surface area contributed by atoms with Crippen LogP contribution in [-0.2, 0) is 0 Å². The number of hydrogen-bond acceptors (Lipinski definition) is 5. The number of pyridine rings is 1. The lowest BCUT2D eigenvalue weighted by molar-refractivity contribution is 0.500. The van der Waals surface area contributed by atoms with Crippen LogP contribution in [0.5, 0.6) is 0 Å². The highest BCUT2D eigenvalue weighted by Crippen LogP contribution is 2.53. The van der Waals surface area contributed by atoms with Crippen LogP contribution in [0.1, 0.15) is 44.2 Å². The zero-order valence-electron chi connectivity index (χ0n) is 29.7. The molecule has 3 aromatic rings. The van der Waals surface area contributed by atoms with Gasteiger partial charge < -0.3 is 10.3 Å². The predicted octanol–water partition coefficient (Wildman–Crippen LogP) is 8.38. The average molecular weight is 697 g/mol. The highest BCUT2D eigenvalue weighted by molar-refractivity contribution is 6.27. The van der Waals surface area contributed by atoms with Gasteiger partial charge in [-0.3, -0.25) is 4.98 Å². The van der Waals surface area contributed by atoms with E-state index in [-0.39, 0.29) is 0 Å². The Balaban J connectivity index is 1.13. The minimum absolute atomic E-state index is 0.375. The van der Waals surface area contributed by atoms with Gasteiger partial charge in [-0.05, 0) is 108 Å². The van der Waals surface area contributed by atoms with E-state index in [9.17, 15) is 0 Å². The Morgan fingerprint density at radius 3 is 1.63 bits per heavy atom. The lowest BCUT2D eigenvalue weighted by Gasteiger charge is -2.34. The fourth-order valence-corrected chi connectivity index (χ4v) is 12.0. The molecule has 14 bridgehead atoms. The maximum atomic E-state index is 5.60. The molecule has 6 nitrogen and oxygen atoms in total. The second-order valence-electron chi connectivity index (χ2n) is 16.8. The molecule has 17 rings (SSSR count). The molecule has 0 radical (unpaired) electrons. The van der Waals surface area contributed by atoms with Crippen molar-refractivity contribution in [3.05, 3.63) is 146 Å². The fraction of sp³-hybridized carbons (Fsp3) is 0.250. The summed E-state index contributed by atoms with van der Waals surface area (Å²) in [6.07, 6.45) is 39.4. The summed E-state index contributed by atoms with van der Waals surface area (Å²) in [5.41, 5.74) is 18.2. The molecule has 5 aliphatic heterocycles. The van der Waals surface area contributed by atoms with E-state index in [1.807, 2.05) is 12.4 Å². The number of allylic oxidation sites excluding steroid dienone is 15. The van der Waals surface area contributed by atoms with Crippen LogP contribution in [0.4, 0.5) is 5.69 Å². The first kappa shape index (κ1) is 28.6. The number of H-pyrrole nitrogens is 1. The summed E-state index contributed by atoms with van der Waals surface area (Å²) in [5.74, 6) is 2.33. The third-order valence-electron chi connectivity index (χ3n) is 14.2. The zero-order chi connectivity index (χ0) is 34.8. The molecule has 6 heteroatoms. The van der Waals surface area contributed by atoms with Crippen LogP contribution in [0, 0.1) is 35.5 Å². The van der Waals surface area contributed by atoms with Crippen LogP contribution in [0.15, 0.2) is 145 Å². The molecular formula is C48H36N6. The minimum Gasteiger partial charge on any atom is -0.359 e. The van der Waals surface area contributed by atoms with Crippen LogP contribution in [0.25, 0.3) is 39.9 Å². The standard InChI is InChI=1S/C48H36N6/c1-3-29-45-37-21-35-43-27-13-9-25(10-14-27)41(43)33(52-35)19-31-39-23-5-7-24(8-6-23)40(39)32(51-31)20-34-42-26-11-15-28(16-12-26)44(42)36(53-34)22-38(54-37)46(45)30-4-2-18-50-48(30)47(29)49-17-1/h1-5,7,9,11,13,15,17-28,49,54H,6,8,10,12,14,16H2/t23-,24+,25+,26-,27-,28+/m1/s1. The first-order valence-electron chi connectivity index (χ1n) is 20.0. The molecule has 7 heterocycles. The molecule has 14 aliphatic rings. The van der Waals surface area contributed by atoms with Crippen molar-refractivity contribution in [1.82, 2.24) is 9.97 Å². The van der Waals surface area contributed by atoms with E-state index in [1.165, 1.54) is 82.7 Å². The van der Waals surface area contributed by atoms with Gasteiger partial charge in [0.05, 0.1) is 45.4 Å². The first-order valence-corrected chi connectivity index (χ1v) is 20.0. The average Bonchev–Trinajstić information content (AvgIpc) is 4.00. The molecule has 0 amide bonds. The number of nitrogens with one attached hydrogen (secondary N) is 2. The van der Waals surface area contributed by atoms with Crippen molar-refractivity contribution in [1.29, 1.82) is 0 Å². The predicted molar refractivity (Wildman–Crippen MR) is 218 cm³/mol. The minimum atomic E-state index is 0.375. The van der Waals surface area contributed by atoms with Crippen molar-refractivity contribution in [3.63, 3.8) is 0 Å². The van der Waals surface area contributed by atoms with Crippen molar-refractivity contribution in [3.8, 4) is 0 Å². The molecule has 0 saturated heterocycles. The van der Waals surface area contributed by atoms with Gasteiger partial charge in [-0.25, -0.2) is 15.0 Å². The quantitative estimate of drug-likeness (QED) is 0.232. The van der Waals surface area contributed by atoms with E-state index in [4.69, 9.17) is 20.0 Å². The maximum absolute atomic E-state index is 5.60. The summed E-state index contributed by atoms with van der Waals surface area (Å²) in [6, 6.07) is 4.29. The summed E-state index contributed by atoms with van der Waals surface area (Å²) in [6.45, 7) is 0. The third kappa shape index (κ3) is 3.57. The lowest BCUT2D eigenvalue weighted by atomic mass is 9.69. The summed E-state index contributed by atoms with van der Waals surface area (Å²) >= 11 is 0. The number of aromatic amines is 1. The fourth-order valence-electron chi connectivity index (χ4n) is 12.0. The van der Waals surface area contributed by atoms with Crippen LogP contribution in [0.2, 0.25) is 0 Å². The molecule has 9 aliphatic carbocycles. The van der Waals surface area contributed by atoms with Crippen molar-refractivity contribution in [2.75, 3.05) is 5.32 Å². The highest BCUT2D eigenvalue weighted by atomic mass is 14.9. The number of aliphatic imine (C=N–C) groups is 3. The van der Waals surface area contributed by atoms with E-state index in [1.54, 1.807) is 0 Å². The van der Waals surface area contributed by atoms with Crippen LogP contribution < -0.4 is 15.9 Å². The Hall–Kier alpha value is -5.88. The largest absolute Gasteiger partial charge is 0.359 e. The van der Waals surface area contributed by atoms with E-state index >= 15 is 0 Å². The van der Waals surface area contributed by atoms with Gasteiger partial charge in [0.2, 0.25) is 0 Å². The van der Waals surface area contributed by atoms with Crippen LogP contribution in [0.3, 0.4) is 0 Å². The highest BCUT2D eigenvalue weighted by Gasteiger charge is 2.43. The summed E-state index contributed by atoms with van der Waals surface area (Å²) < 4.78 is 0. The van der Waals surface area contributed by atoms with Gasteiger partial charge in [0, 0.05) is 80.3 Å². The molecule has 0 fully saturated rings. The molecule has 1 aromatic carbocycles. The molecule has 6 atom stereocenters. The van der Waals surface area contributed by atoms with Gasteiger partial charge in [-0.1, -0.05) is 48.6 Å². The molecule has 0 unspecified atom stereocenters. The Morgan fingerprint density at radius 1 is 0.556 bits per heavy atom. The smallest absolute Gasteiger partial charge is 0.0949 e. The third-order valence-corrected chi connectivity index (χ3v) is 14.2. The van der Waals surface area contributed by atoms with Gasteiger partial charge >= 0.3 is 0 Å². The van der Waals surface area contributed by atoms with Crippen molar-refractivity contribution >= 4 is 62.7 Å². The van der Waals surface area contributed by atoms with Crippen LogP contribution in [-0.4, -0.2) is 27.1 Å². The molecule has 54 heavy (non-hydrogen) atoms. The van der Waals surface area contributed by atoms with Crippen LogP contribution >= 0.6 is 0 Å². The van der Waals surface area contributed by atoms with Crippen molar-refractivity contribution < 1.29 is 0 Å².